The second-order valence-corrected chi connectivity index (χ2v) is 9.28. The second kappa shape index (κ2) is 9.54. The first-order valence-electron chi connectivity index (χ1n) is 12.2. The molecule has 3 heterocycles. The van der Waals surface area contributed by atoms with Crippen LogP contribution in [0.5, 0.6) is 0 Å². The number of carbonyl (C=O) groups excluding carboxylic acids is 1. The summed E-state index contributed by atoms with van der Waals surface area (Å²) in [6.45, 7) is 3.94. The van der Waals surface area contributed by atoms with E-state index in [9.17, 15) is 14.4 Å². The molecule has 1 aliphatic carbocycles. The number of hydrogen-bond acceptors (Lipinski definition) is 5. The quantitative estimate of drug-likeness (QED) is 0.555. The lowest BCUT2D eigenvalue weighted by atomic mass is 10.1. The molecule has 5 rings (SSSR count). The Kier molecular flexibility index (Phi) is 6.32. The SMILES string of the molecule is CCCn1c(=O)[nH]c(=O)c2c(C(=O)N(Cc3ccccc3)CC3CCCO3)cc(C3CC3)nc21. The third-order valence-electron chi connectivity index (χ3n) is 6.59. The predicted molar refractivity (Wildman–Crippen MR) is 129 cm³/mol. The van der Waals surface area contributed by atoms with Gasteiger partial charge in [0, 0.05) is 37.9 Å². The highest BCUT2D eigenvalue weighted by Crippen LogP contribution is 2.40. The fraction of sp³-hybridized carbons (Fsp3) is 0.462. The summed E-state index contributed by atoms with van der Waals surface area (Å²) < 4.78 is 7.32. The zero-order valence-electron chi connectivity index (χ0n) is 19.5. The van der Waals surface area contributed by atoms with Crippen molar-refractivity contribution in [1.82, 2.24) is 19.4 Å². The van der Waals surface area contributed by atoms with Crippen molar-refractivity contribution in [3.8, 4) is 0 Å². The highest BCUT2D eigenvalue weighted by atomic mass is 16.5. The minimum absolute atomic E-state index is 0.0276. The van der Waals surface area contributed by atoms with Crippen LogP contribution in [0, 0.1) is 0 Å². The van der Waals surface area contributed by atoms with E-state index in [1.54, 1.807) is 11.0 Å². The van der Waals surface area contributed by atoms with Gasteiger partial charge in [0.1, 0.15) is 0 Å². The number of aromatic amines is 1. The zero-order chi connectivity index (χ0) is 23.7. The first-order valence-corrected chi connectivity index (χ1v) is 12.2. The lowest BCUT2D eigenvalue weighted by Gasteiger charge is -2.26. The Bertz CT molecular complexity index is 1300. The number of benzene rings is 1. The number of H-pyrrole nitrogens is 1. The van der Waals surface area contributed by atoms with E-state index in [0.717, 1.165) is 36.9 Å². The van der Waals surface area contributed by atoms with Gasteiger partial charge in [-0.2, -0.15) is 0 Å². The molecule has 1 N–H and O–H groups in total. The Hall–Kier alpha value is -3.26. The summed E-state index contributed by atoms with van der Waals surface area (Å²) in [6, 6.07) is 11.6. The van der Waals surface area contributed by atoms with Gasteiger partial charge in [-0.3, -0.25) is 19.1 Å². The molecular formula is C26H30N4O4. The van der Waals surface area contributed by atoms with Crippen LogP contribution in [-0.2, 0) is 17.8 Å². The number of fused-ring (bicyclic) bond motifs is 1. The molecule has 0 spiro atoms. The van der Waals surface area contributed by atoms with Crippen LogP contribution in [0.2, 0.25) is 0 Å². The zero-order valence-corrected chi connectivity index (χ0v) is 19.5. The van der Waals surface area contributed by atoms with Crippen molar-refractivity contribution in [2.75, 3.05) is 13.2 Å². The second-order valence-electron chi connectivity index (χ2n) is 9.28. The Balaban J connectivity index is 1.63. The summed E-state index contributed by atoms with van der Waals surface area (Å²) in [7, 11) is 0. The molecule has 0 bridgehead atoms. The minimum atomic E-state index is -0.567. The summed E-state index contributed by atoms with van der Waals surface area (Å²) in [5, 5.41) is 0.188. The standard InChI is InChI=1S/C26H30N4O4/c1-2-12-30-23-22(24(31)28-26(30)33)20(14-21(27-23)18-10-11-18)25(32)29(16-19-9-6-13-34-19)15-17-7-4-3-5-8-17/h3-5,7-8,14,18-19H,2,6,9-13,15-16H2,1H3,(H,28,31,33). The van der Waals surface area contributed by atoms with Crippen LogP contribution in [0.4, 0.5) is 0 Å². The van der Waals surface area contributed by atoms with E-state index < -0.39 is 11.2 Å². The van der Waals surface area contributed by atoms with Crippen molar-refractivity contribution >= 4 is 16.9 Å². The number of carbonyl (C=O) groups is 1. The maximum absolute atomic E-state index is 14.1. The molecule has 1 saturated carbocycles. The average molecular weight is 463 g/mol. The van der Waals surface area contributed by atoms with Gasteiger partial charge in [0.2, 0.25) is 0 Å². The van der Waals surface area contributed by atoms with Gasteiger partial charge in [-0.25, -0.2) is 9.78 Å². The fourth-order valence-electron chi connectivity index (χ4n) is 4.71. The number of pyridine rings is 1. The number of nitrogens with one attached hydrogen (secondary N) is 1. The van der Waals surface area contributed by atoms with E-state index in [1.165, 1.54) is 4.57 Å². The molecule has 1 aliphatic heterocycles. The first-order chi connectivity index (χ1) is 16.5. The number of aryl methyl sites for hydroxylation is 1. The summed E-state index contributed by atoms with van der Waals surface area (Å²) in [5.41, 5.74) is 1.35. The van der Waals surface area contributed by atoms with Gasteiger partial charge in [-0.05, 0) is 43.7 Å². The average Bonchev–Trinajstić information content (AvgIpc) is 3.57. The number of rotatable bonds is 8. The van der Waals surface area contributed by atoms with E-state index >= 15 is 0 Å². The van der Waals surface area contributed by atoms with Crippen LogP contribution < -0.4 is 11.2 Å². The van der Waals surface area contributed by atoms with Crippen molar-refractivity contribution in [2.24, 2.45) is 0 Å². The molecule has 34 heavy (non-hydrogen) atoms. The Morgan fingerprint density at radius 2 is 2.00 bits per heavy atom. The molecule has 2 aliphatic rings. The Labute approximate surface area is 197 Å². The number of hydrogen-bond donors (Lipinski definition) is 1. The van der Waals surface area contributed by atoms with Crippen LogP contribution in [0.15, 0.2) is 46.0 Å². The fourth-order valence-corrected chi connectivity index (χ4v) is 4.71. The lowest BCUT2D eigenvalue weighted by molar-refractivity contribution is 0.0508. The van der Waals surface area contributed by atoms with Crippen molar-refractivity contribution in [2.45, 2.75) is 64.1 Å². The van der Waals surface area contributed by atoms with Crippen LogP contribution in [-0.4, -0.2) is 44.6 Å². The molecule has 1 unspecified atom stereocenters. The maximum Gasteiger partial charge on any atom is 0.329 e. The van der Waals surface area contributed by atoms with E-state index in [-0.39, 0.29) is 23.3 Å². The van der Waals surface area contributed by atoms with Crippen molar-refractivity contribution in [3.63, 3.8) is 0 Å². The number of ether oxygens (including phenoxy) is 1. The highest BCUT2D eigenvalue weighted by molar-refractivity contribution is 6.05. The van der Waals surface area contributed by atoms with E-state index in [1.807, 2.05) is 37.3 Å². The number of nitrogens with zero attached hydrogens (tertiary/aromatic N) is 3. The molecule has 1 atom stereocenters. The Morgan fingerprint density at radius 1 is 1.21 bits per heavy atom. The Morgan fingerprint density at radius 3 is 2.68 bits per heavy atom. The normalized spacial score (nSPS) is 17.9. The minimum Gasteiger partial charge on any atom is -0.376 e. The topological polar surface area (TPSA) is 97.3 Å². The van der Waals surface area contributed by atoms with Gasteiger partial charge in [0.25, 0.3) is 11.5 Å². The van der Waals surface area contributed by atoms with Crippen molar-refractivity contribution in [1.29, 1.82) is 0 Å². The molecule has 8 nitrogen and oxygen atoms in total. The molecule has 0 radical (unpaired) electrons. The van der Waals surface area contributed by atoms with Crippen molar-refractivity contribution in [3.05, 3.63) is 74.1 Å². The van der Waals surface area contributed by atoms with Gasteiger partial charge in [-0.1, -0.05) is 37.3 Å². The molecule has 2 aromatic heterocycles. The van der Waals surface area contributed by atoms with Gasteiger partial charge >= 0.3 is 5.69 Å². The summed E-state index contributed by atoms with van der Waals surface area (Å²) in [5.74, 6) is 0.0296. The van der Waals surface area contributed by atoms with E-state index in [4.69, 9.17) is 9.72 Å². The predicted octanol–water partition coefficient (Wildman–Crippen LogP) is 3.19. The molecule has 8 heteroatoms. The smallest absolute Gasteiger partial charge is 0.329 e. The third kappa shape index (κ3) is 4.55. The van der Waals surface area contributed by atoms with E-state index in [2.05, 4.69) is 4.98 Å². The van der Waals surface area contributed by atoms with Gasteiger partial charge in [0.05, 0.1) is 17.1 Å². The number of aromatic nitrogens is 3. The summed E-state index contributed by atoms with van der Waals surface area (Å²) >= 11 is 0. The molecule has 1 aromatic carbocycles. The van der Waals surface area contributed by atoms with Gasteiger partial charge < -0.3 is 9.64 Å². The molecule has 3 aromatic rings. The van der Waals surface area contributed by atoms with Crippen LogP contribution in [0.3, 0.4) is 0 Å². The van der Waals surface area contributed by atoms with Gasteiger partial charge in [-0.15, -0.1) is 0 Å². The molecule has 178 valence electrons. The van der Waals surface area contributed by atoms with Crippen LogP contribution >= 0.6 is 0 Å². The van der Waals surface area contributed by atoms with Crippen LogP contribution in [0.25, 0.3) is 11.0 Å². The molecule has 2 fully saturated rings. The van der Waals surface area contributed by atoms with Gasteiger partial charge in [0.15, 0.2) is 5.65 Å². The molecule has 1 saturated heterocycles. The lowest BCUT2D eigenvalue weighted by Crippen LogP contribution is -2.38. The van der Waals surface area contributed by atoms with E-state index in [0.29, 0.717) is 43.9 Å². The summed E-state index contributed by atoms with van der Waals surface area (Å²) in [6.07, 6.45) is 4.55. The molecule has 1 amide bonds. The molecular weight excluding hydrogens is 432 g/mol. The summed E-state index contributed by atoms with van der Waals surface area (Å²) in [4.78, 5) is 48.5. The van der Waals surface area contributed by atoms with Crippen molar-refractivity contribution < 1.29 is 9.53 Å². The maximum atomic E-state index is 14.1. The largest absolute Gasteiger partial charge is 0.376 e. The monoisotopic (exact) mass is 462 g/mol. The third-order valence-corrected chi connectivity index (χ3v) is 6.59. The first kappa shape index (κ1) is 22.5. The van der Waals surface area contributed by atoms with Crippen LogP contribution in [0.1, 0.15) is 66.6 Å². The highest BCUT2D eigenvalue weighted by Gasteiger charge is 2.31. The number of amides is 1.